The third kappa shape index (κ3) is 2.41. The predicted octanol–water partition coefficient (Wildman–Crippen LogP) is 11.4. The van der Waals surface area contributed by atoms with E-state index in [0.717, 1.165) is 0 Å². The zero-order chi connectivity index (χ0) is 29.3. The van der Waals surface area contributed by atoms with E-state index >= 15 is 0 Å². The minimum Gasteiger partial charge on any atom is -0.308 e. The molecule has 0 N–H and O–H groups in total. The number of nitrogens with zero attached hydrogens (tertiary/aromatic N) is 2. The first-order valence-corrected chi connectivity index (χ1v) is 16.0. The Kier molecular flexibility index (Phi) is 3.66. The zero-order valence-electron chi connectivity index (χ0n) is 24.9. The van der Waals surface area contributed by atoms with Gasteiger partial charge in [0, 0.05) is 48.5 Å². The fraction of sp³-hybridized carbons (Fsp3) is 0.0698. The SMILES string of the molecule is CC1(C)c2ccccc2-c2cc3c(cc21)c1c2ccccc2cc2c4cc5c6cccc7c8ccccc8n(c5cc4n3c21)c76. The van der Waals surface area contributed by atoms with Crippen LogP contribution in [0.1, 0.15) is 25.0 Å². The highest BCUT2D eigenvalue weighted by Crippen LogP contribution is 2.53. The minimum absolute atomic E-state index is 0.0442. The van der Waals surface area contributed by atoms with E-state index in [1.54, 1.807) is 0 Å². The third-order valence-electron chi connectivity index (χ3n) is 11.3. The number of hydrogen-bond donors (Lipinski definition) is 0. The minimum atomic E-state index is -0.0442. The maximum atomic E-state index is 2.59. The van der Waals surface area contributed by atoms with Gasteiger partial charge in [-0.25, -0.2) is 0 Å². The van der Waals surface area contributed by atoms with Crippen LogP contribution in [0.5, 0.6) is 0 Å². The Morgan fingerprint density at radius 1 is 0.400 bits per heavy atom. The van der Waals surface area contributed by atoms with Gasteiger partial charge in [-0.2, -0.15) is 0 Å². The van der Waals surface area contributed by atoms with E-state index < -0.39 is 0 Å². The maximum absolute atomic E-state index is 2.59. The summed E-state index contributed by atoms with van der Waals surface area (Å²) in [4.78, 5) is 0. The highest BCUT2D eigenvalue weighted by atomic mass is 14.9. The van der Waals surface area contributed by atoms with Gasteiger partial charge in [0.15, 0.2) is 0 Å². The molecular formula is C43H26N2. The van der Waals surface area contributed by atoms with Gasteiger partial charge in [-0.15, -0.1) is 0 Å². The second-order valence-electron chi connectivity index (χ2n) is 13.7. The van der Waals surface area contributed by atoms with Gasteiger partial charge in [0.05, 0.1) is 33.1 Å². The van der Waals surface area contributed by atoms with E-state index in [9.17, 15) is 0 Å². The zero-order valence-corrected chi connectivity index (χ0v) is 24.9. The normalized spacial score (nSPS) is 14.6. The van der Waals surface area contributed by atoms with Crippen LogP contribution in [0.4, 0.5) is 0 Å². The Labute approximate surface area is 258 Å². The molecule has 0 atom stereocenters. The molecule has 0 saturated heterocycles. The molecule has 0 spiro atoms. The Bertz CT molecular complexity index is 3110. The largest absolute Gasteiger partial charge is 0.308 e. The highest BCUT2D eigenvalue weighted by molar-refractivity contribution is 6.33. The summed E-state index contributed by atoms with van der Waals surface area (Å²) in [6.07, 6.45) is 0. The average Bonchev–Trinajstić information content (AvgIpc) is 3.83. The quantitative estimate of drug-likeness (QED) is 0.171. The molecule has 4 heterocycles. The molecule has 1 aliphatic carbocycles. The number of benzene rings is 7. The molecule has 11 aromatic rings. The summed E-state index contributed by atoms with van der Waals surface area (Å²) >= 11 is 0. The molecule has 7 aromatic carbocycles. The number of para-hydroxylation sites is 2. The van der Waals surface area contributed by atoms with Crippen molar-refractivity contribution in [2.24, 2.45) is 0 Å². The van der Waals surface area contributed by atoms with Crippen LogP contribution in [-0.2, 0) is 5.41 Å². The standard InChI is InChI=1S/C43H26N2/c1-43(2)34-16-7-5-12-25(34)29-21-37-33(20-35(29)43)40-24-11-4-3-10-23(24)18-32-31-19-30-28-15-9-14-27-26-13-6-8-17-36(26)44(41(27)28)38(30)22-39(31)45(37)42(32)40/h3-22H,1-2H3. The fourth-order valence-corrected chi connectivity index (χ4v) is 9.40. The van der Waals surface area contributed by atoms with Crippen molar-refractivity contribution in [1.82, 2.24) is 8.80 Å². The summed E-state index contributed by atoms with van der Waals surface area (Å²) in [6, 6.07) is 46.0. The monoisotopic (exact) mass is 570 g/mol. The fourth-order valence-electron chi connectivity index (χ4n) is 9.40. The molecule has 208 valence electrons. The van der Waals surface area contributed by atoms with E-state index in [1.807, 2.05) is 0 Å². The molecule has 12 rings (SSSR count). The van der Waals surface area contributed by atoms with Crippen LogP contribution < -0.4 is 0 Å². The van der Waals surface area contributed by atoms with E-state index in [1.165, 1.54) is 109 Å². The Hall–Kier alpha value is -5.60. The Balaban J connectivity index is 1.35. The van der Waals surface area contributed by atoms with Crippen LogP contribution in [0.2, 0.25) is 0 Å². The summed E-state index contributed by atoms with van der Waals surface area (Å²) in [5, 5.41) is 13.3. The molecule has 2 heteroatoms. The van der Waals surface area contributed by atoms with Crippen molar-refractivity contribution in [2.75, 3.05) is 0 Å². The van der Waals surface area contributed by atoms with Crippen molar-refractivity contribution in [3.05, 3.63) is 132 Å². The van der Waals surface area contributed by atoms with E-state index in [2.05, 4.69) is 144 Å². The lowest BCUT2D eigenvalue weighted by molar-refractivity contribution is 0.661. The van der Waals surface area contributed by atoms with Gasteiger partial charge in [0.25, 0.3) is 0 Å². The van der Waals surface area contributed by atoms with Crippen LogP contribution >= 0.6 is 0 Å². The summed E-state index contributed by atoms with van der Waals surface area (Å²) in [7, 11) is 0. The lowest BCUT2D eigenvalue weighted by atomic mass is 9.82. The summed E-state index contributed by atoms with van der Waals surface area (Å²) < 4.78 is 5.09. The Morgan fingerprint density at radius 3 is 1.96 bits per heavy atom. The highest BCUT2D eigenvalue weighted by Gasteiger charge is 2.36. The second-order valence-corrected chi connectivity index (χ2v) is 13.7. The average molecular weight is 571 g/mol. The topological polar surface area (TPSA) is 8.82 Å². The van der Waals surface area contributed by atoms with Crippen molar-refractivity contribution in [2.45, 2.75) is 19.3 Å². The molecule has 4 aromatic heterocycles. The summed E-state index contributed by atoms with van der Waals surface area (Å²) in [5.41, 5.74) is 13.3. The number of fused-ring (bicyclic) bond motifs is 17. The van der Waals surface area contributed by atoms with Gasteiger partial charge >= 0.3 is 0 Å². The van der Waals surface area contributed by atoms with Crippen LogP contribution in [0.15, 0.2) is 121 Å². The van der Waals surface area contributed by atoms with Gasteiger partial charge in [-0.05, 0) is 69.4 Å². The van der Waals surface area contributed by atoms with E-state index in [-0.39, 0.29) is 5.41 Å². The molecule has 0 radical (unpaired) electrons. The first-order chi connectivity index (χ1) is 22.1. The van der Waals surface area contributed by atoms with Crippen LogP contribution in [0.25, 0.3) is 98.1 Å². The molecule has 1 aliphatic rings. The molecule has 45 heavy (non-hydrogen) atoms. The molecular weight excluding hydrogens is 544 g/mol. The predicted molar refractivity (Wildman–Crippen MR) is 191 cm³/mol. The third-order valence-corrected chi connectivity index (χ3v) is 11.3. The smallest absolute Gasteiger partial charge is 0.0627 e. The van der Waals surface area contributed by atoms with Crippen molar-refractivity contribution in [1.29, 1.82) is 0 Å². The van der Waals surface area contributed by atoms with E-state index in [4.69, 9.17) is 0 Å². The van der Waals surface area contributed by atoms with Crippen LogP contribution in [0, 0.1) is 0 Å². The molecule has 0 bridgehead atoms. The Morgan fingerprint density at radius 2 is 1.07 bits per heavy atom. The molecule has 0 amide bonds. The first kappa shape index (κ1) is 22.9. The van der Waals surface area contributed by atoms with Gasteiger partial charge in [-0.1, -0.05) is 98.8 Å². The van der Waals surface area contributed by atoms with Crippen LogP contribution in [0.3, 0.4) is 0 Å². The van der Waals surface area contributed by atoms with Gasteiger partial charge < -0.3 is 8.80 Å². The van der Waals surface area contributed by atoms with Crippen LogP contribution in [-0.4, -0.2) is 8.80 Å². The summed E-state index contributed by atoms with van der Waals surface area (Å²) in [6.45, 7) is 4.77. The van der Waals surface area contributed by atoms with Crippen molar-refractivity contribution >= 4 is 87.0 Å². The number of aromatic nitrogens is 2. The van der Waals surface area contributed by atoms with Crippen molar-refractivity contribution < 1.29 is 0 Å². The van der Waals surface area contributed by atoms with Gasteiger partial charge in [-0.3, -0.25) is 0 Å². The molecule has 0 aliphatic heterocycles. The molecule has 0 unspecified atom stereocenters. The number of hydrogen-bond acceptors (Lipinski definition) is 0. The first-order valence-electron chi connectivity index (χ1n) is 16.0. The maximum Gasteiger partial charge on any atom is 0.0627 e. The lowest BCUT2D eigenvalue weighted by Gasteiger charge is -2.21. The second kappa shape index (κ2) is 7.20. The van der Waals surface area contributed by atoms with Crippen molar-refractivity contribution in [3.8, 4) is 11.1 Å². The van der Waals surface area contributed by atoms with Gasteiger partial charge in [0.2, 0.25) is 0 Å². The molecule has 0 saturated carbocycles. The number of rotatable bonds is 0. The van der Waals surface area contributed by atoms with Gasteiger partial charge in [0.1, 0.15) is 0 Å². The summed E-state index contributed by atoms with van der Waals surface area (Å²) in [5.74, 6) is 0. The molecule has 0 fully saturated rings. The lowest BCUT2D eigenvalue weighted by Crippen LogP contribution is -2.14. The molecule has 2 nitrogen and oxygen atoms in total. The van der Waals surface area contributed by atoms with Crippen molar-refractivity contribution in [3.63, 3.8) is 0 Å². The van der Waals surface area contributed by atoms with E-state index in [0.29, 0.717) is 0 Å².